The van der Waals surface area contributed by atoms with E-state index in [4.69, 9.17) is 0 Å². The molecule has 0 fully saturated rings. The molecule has 68 valence electrons. The van der Waals surface area contributed by atoms with E-state index in [0.29, 0.717) is 0 Å². The zero-order chi connectivity index (χ0) is 8.53. The van der Waals surface area contributed by atoms with Crippen LogP contribution in [0, 0.1) is 0 Å². The van der Waals surface area contributed by atoms with Crippen molar-refractivity contribution in [1.29, 1.82) is 0 Å². The SMILES string of the molecule is CCCCNCN(CC)CC. The molecule has 1 N–H and O–H groups in total. The third-order valence-electron chi connectivity index (χ3n) is 1.94. The normalized spacial score (nSPS) is 10.9. The Labute approximate surface area is 71.0 Å². The van der Waals surface area contributed by atoms with Crippen LogP contribution < -0.4 is 5.32 Å². The van der Waals surface area contributed by atoms with Gasteiger partial charge in [-0.25, -0.2) is 0 Å². The summed E-state index contributed by atoms with van der Waals surface area (Å²) in [5.41, 5.74) is 0. The van der Waals surface area contributed by atoms with E-state index in [1.807, 2.05) is 0 Å². The second-order valence-electron chi connectivity index (χ2n) is 2.81. The van der Waals surface area contributed by atoms with Gasteiger partial charge in [0.15, 0.2) is 0 Å². The zero-order valence-electron chi connectivity index (χ0n) is 8.19. The first-order valence-electron chi connectivity index (χ1n) is 4.78. The van der Waals surface area contributed by atoms with Crippen molar-refractivity contribution in [2.45, 2.75) is 33.6 Å². The first kappa shape index (κ1) is 10.9. The van der Waals surface area contributed by atoms with E-state index in [1.54, 1.807) is 0 Å². The number of hydrogen-bond donors (Lipinski definition) is 1. The third kappa shape index (κ3) is 6.32. The maximum absolute atomic E-state index is 3.41. The van der Waals surface area contributed by atoms with Gasteiger partial charge < -0.3 is 5.32 Å². The summed E-state index contributed by atoms with van der Waals surface area (Å²) in [5.74, 6) is 0. The lowest BCUT2D eigenvalue weighted by molar-refractivity contribution is 0.279. The van der Waals surface area contributed by atoms with Gasteiger partial charge in [-0.05, 0) is 26.1 Å². The van der Waals surface area contributed by atoms with Crippen LogP contribution in [0.1, 0.15) is 33.6 Å². The van der Waals surface area contributed by atoms with E-state index >= 15 is 0 Å². The van der Waals surface area contributed by atoms with E-state index < -0.39 is 0 Å². The van der Waals surface area contributed by atoms with Gasteiger partial charge in [0.25, 0.3) is 0 Å². The smallest absolute Gasteiger partial charge is 0.0480 e. The Kier molecular flexibility index (Phi) is 7.96. The van der Waals surface area contributed by atoms with Crippen molar-refractivity contribution in [3.05, 3.63) is 0 Å². The van der Waals surface area contributed by atoms with Crippen LogP contribution in [0.4, 0.5) is 0 Å². The summed E-state index contributed by atoms with van der Waals surface area (Å²) < 4.78 is 0. The first-order valence-corrected chi connectivity index (χ1v) is 4.78. The van der Waals surface area contributed by atoms with Crippen LogP contribution in [0.5, 0.6) is 0 Å². The molecule has 0 aromatic rings. The molecule has 0 saturated carbocycles. The second kappa shape index (κ2) is 8.02. The summed E-state index contributed by atoms with van der Waals surface area (Å²) in [6.45, 7) is 11.1. The minimum absolute atomic E-state index is 1.05. The van der Waals surface area contributed by atoms with Crippen molar-refractivity contribution < 1.29 is 0 Å². The van der Waals surface area contributed by atoms with Crippen LogP contribution in [0.25, 0.3) is 0 Å². The summed E-state index contributed by atoms with van der Waals surface area (Å²) >= 11 is 0. The highest BCUT2D eigenvalue weighted by molar-refractivity contribution is 4.50. The molecule has 0 rings (SSSR count). The Balaban J connectivity index is 3.07. The van der Waals surface area contributed by atoms with E-state index in [1.165, 1.54) is 12.8 Å². The molecule has 0 aromatic carbocycles. The van der Waals surface area contributed by atoms with Crippen LogP contribution >= 0.6 is 0 Å². The molecule has 0 atom stereocenters. The summed E-state index contributed by atoms with van der Waals surface area (Å²) in [7, 11) is 0. The Hall–Kier alpha value is -0.0800. The lowest BCUT2D eigenvalue weighted by atomic mass is 10.3. The Bertz CT molecular complexity index is 70.0. The summed E-state index contributed by atoms with van der Waals surface area (Å²) in [4.78, 5) is 2.38. The van der Waals surface area contributed by atoms with E-state index in [-0.39, 0.29) is 0 Å². The molecule has 0 saturated heterocycles. The minimum Gasteiger partial charge on any atom is -0.304 e. The van der Waals surface area contributed by atoms with Gasteiger partial charge in [0.1, 0.15) is 0 Å². The lowest BCUT2D eigenvalue weighted by Crippen LogP contribution is -2.34. The fourth-order valence-electron chi connectivity index (χ4n) is 0.986. The number of nitrogens with zero attached hydrogens (tertiary/aromatic N) is 1. The fraction of sp³-hybridized carbons (Fsp3) is 1.00. The molecule has 0 aliphatic carbocycles. The highest BCUT2D eigenvalue weighted by Gasteiger charge is 1.95. The van der Waals surface area contributed by atoms with Gasteiger partial charge in [-0.15, -0.1) is 0 Å². The highest BCUT2D eigenvalue weighted by Crippen LogP contribution is 1.85. The van der Waals surface area contributed by atoms with Crippen LogP contribution in [0.3, 0.4) is 0 Å². The maximum Gasteiger partial charge on any atom is 0.0480 e. The van der Waals surface area contributed by atoms with Crippen LogP contribution in [-0.4, -0.2) is 31.2 Å². The molecular formula is C9H22N2. The average Bonchev–Trinajstić information content (AvgIpc) is 2.05. The first-order chi connectivity index (χ1) is 5.35. The van der Waals surface area contributed by atoms with Crippen molar-refractivity contribution >= 4 is 0 Å². The number of rotatable bonds is 7. The number of nitrogens with one attached hydrogen (secondary N) is 1. The van der Waals surface area contributed by atoms with Gasteiger partial charge in [0.2, 0.25) is 0 Å². The molecule has 0 radical (unpaired) electrons. The molecule has 0 aliphatic heterocycles. The lowest BCUT2D eigenvalue weighted by Gasteiger charge is -2.18. The predicted molar refractivity (Wildman–Crippen MR) is 50.7 cm³/mol. The molecule has 0 aliphatic rings. The Morgan fingerprint density at radius 3 is 2.18 bits per heavy atom. The van der Waals surface area contributed by atoms with Crippen LogP contribution in [-0.2, 0) is 0 Å². The molecule has 0 spiro atoms. The fourth-order valence-corrected chi connectivity index (χ4v) is 0.986. The Morgan fingerprint density at radius 1 is 1.09 bits per heavy atom. The standard InChI is InChI=1S/C9H22N2/c1-4-7-8-10-9-11(5-2)6-3/h10H,4-9H2,1-3H3. The van der Waals surface area contributed by atoms with Crippen molar-refractivity contribution in [2.24, 2.45) is 0 Å². The van der Waals surface area contributed by atoms with E-state index in [0.717, 1.165) is 26.3 Å². The molecule has 2 nitrogen and oxygen atoms in total. The van der Waals surface area contributed by atoms with Gasteiger partial charge in [-0.1, -0.05) is 27.2 Å². The van der Waals surface area contributed by atoms with Crippen LogP contribution in [0.2, 0.25) is 0 Å². The highest BCUT2D eigenvalue weighted by atomic mass is 15.2. The number of hydrogen-bond acceptors (Lipinski definition) is 2. The summed E-state index contributed by atoms with van der Waals surface area (Å²) in [5, 5.41) is 3.41. The van der Waals surface area contributed by atoms with Crippen LogP contribution in [0.15, 0.2) is 0 Å². The van der Waals surface area contributed by atoms with Gasteiger partial charge in [-0.2, -0.15) is 0 Å². The largest absolute Gasteiger partial charge is 0.304 e. The second-order valence-corrected chi connectivity index (χ2v) is 2.81. The van der Waals surface area contributed by atoms with Crippen molar-refractivity contribution in [2.75, 3.05) is 26.3 Å². The maximum atomic E-state index is 3.41. The molecule has 0 heterocycles. The Morgan fingerprint density at radius 2 is 1.73 bits per heavy atom. The number of unbranched alkanes of at least 4 members (excludes halogenated alkanes) is 1. The predicted octanol–water partition coefficient (Wildman–Crippen LogP) is 1.68. The molecule has 0 aromatic heterocycles. The van der Waals surface area contributed by atoms with Gasteiger partial charge in [-0.3, -0.25) is 4.90 Å². The quantitative estimate of drug-likeness (QED) is 0.448. The minimum atomic E-state index is 1.05. The van der Waals surface area contributed by atoms with Crippen molar-refractivity contribution in [3.8, 4) is 0 Å². The molecule has 0 amide bonds. The van der Waals surface area contributed by atoms with Gasteiger partial charge in [0, 0.05) is 6.67 Å². The third-order valence-corrected chi connectivity index (χ3v) is 1.94. The van der Waals surface area contributed by atoms with Gasteiger partial charge in [0.05, 0.1) is 0 Å². The monoisotopic (exact) mass is 158 g/mol. The van der Waals surface area contributed by atoms with Crippen molar-refractivity contribution in [1.82, 2.24) is 10.2 Å². The van der Waals surface area contributed by atoms with Gasteiger partial charge >= 0.3 is 0 Å². The summed E-state index contributed by atoms with van der Waals surface area (Å²) in [6, 6.07) is 0. The average molecular weight is 158 g/mol. The van der Waals surface area contributed by atoms with E-state index in [2.05, 4.69) is 31.0 Å². The topological polar surface area (TPSA) is 15.3 Å². The zero-order valence-corrected chi connectivity index (χ0v) is 8.19. The molecule has 11 heavy (non-hydrogen) atoms. The molecule has 0 bridgehead atoms. The summed E-state index contributed by atoms with van der Waals surface area (Å²) in [6.07, 6.45) is 2.58. The molecular weight excluding hydrogens is 136 g/mol. The molecule has 2 heteroatoms. The van der Waals surface area contributed by atoms with Crippen molar-refractivity contribution in [3.63, 3.8) is 0 Å². The molecule has 0 unspecified atom stereocenters. The van der Waals surface area contributed by atoms with E-state index in [9.17, 15) is 0 Å².